The van der Waals surface area contributed by atoms with E-state index in [0.29, 0.717) is 42.4 Å². The van der Waals surface area contributed by atoms with Gasteiger partial charge in [0, 0.05) is 6.54 Å². The van der Waals surface area contributed by atoms with Crippen LogP contribution in [0.4, 0.5) is 11.5 Å². The second-order valence-corrected chi connectivity index (χ2v) is 6.74. The average Bonchev–Trinajstić information content (AvgIpc) is 2.34. The van der Waals surface area contributed by atoms with Gasteiger partial charge in [0.15, 0.2) is 0 Å². The predicted molar refractivity (Wildman–Crippen MR) is 87.6 cm³/mol. The molecule has 0 aliphatic heterocycles. The second kappa shape index (κ2) is 7.50. The molecule has 21 heavy (non-hydrogen) atoms. The first-order chi connectivity index (χ1) is 9.69. The van der Waals surface area contributed by atoms with E-state index in [4.69, 9.17) is 10.5 Å². The molecule has 4 N–H and O–H groups in total. The van der Waals surface area contributed by atoms with Crippen molar-refractivity contribution < 1.29 is 9.84 Å². The summed E-state index contributed by atoms with van der Waals surface area (Å²) in [7, 11) is 0. The fourth-order valence-corrected chi connectivity index (χ4v) is 2.14. The molecular weight excluding hydrogens is 266 g/mol. The summed E-state index contributed by atoms with van der Waals surface area (Å²) in [4.78, 5) is 4.36. The molecule has 0 aliphatic rings. The van der Waals surface area contributed by atoms with Gasteiger partial charge < -0.3 is 20.9 Å². The van der Waals surface area contributed by atoms with Gasteiger partial charge in [0.1, 0.15) is 5.82 Å². The summed E-state index contributed by atoms with van der Waals surface area (Å²) in [5.74, 6) is 1.95. The van der Waals surface area contributed by atoms with Gasteiger partial charge in [-0.3, -0.25) is 0 Å². The molecule has 0 saturated carbocycles. The lowest BCUT2D eigenvalue weighted by Crippen LogP contribution is -2.35. The Morgan fingerprint density at radius 2 is 1.95 bits per heavy atom. The Labute approximate surface area is 127 Å². The number of anilines is 2. The van der Waals surface area contributed by atoms with Gasteiger partial charge in [-0.1, -0.05) is 27.7 Å². The molecule has 1 aromatic rings. The molecule has 0 aliphatic carbocycles. The number of aliphatic hydroxyl groups is 1. The molecule has 0 amide bonds. The lowest BCUT2D eigenvalue weighted by molar-refractivity contribution is 0.0514. The maximum atomic E-state index is 10.3. The van der Waals surface area contributed by atoms with Crippen LogP contribution in [-0.4, -0.2) is 28.8 Å². The number of nitrogens with zero attached hydrogens (tertiary/aromatic N) is 1. The van der Waals surface area contributed by atoms with E-state index in [1.54, 1.807) is 12.1 Å². The van der Waals surface area contributed by atoms with E-state index >= 15 is 0 Å². The van der Waals surface area contributed by atoms with E-state index in [0.717, 1.165) is 6.42 Å². The number of nitrogens with one attached hydrogen (secondary N) is 1. The zero-order valence-corrected chi connectivity index (χ0v) is 13.8. The van der Waals surface area contributed by atoms with Crippen molar-refractivity contribution in [2.24, 2.45) is 11.8 Å². The molecule has 0 radical (unpaired) electrons. The Kier molecular flexibility index (Phi) is 6.27. The summed E-state index contributed by atoms with van der Waals surface area (Å²) in [5, 5.41) is 13.4. The van der Waals surface area contributed by atoms with Crippen LogP contribution in [0.15, 0.2) is 12.1 Å². The van der Waals surface area contributed by atoms with Crippen molar-refractivity contribution in [1.82, 2.24) is 4.98 Å². The first kappa shape index (κ1) is 17.6. The normalized spacial score (nSPS) is 14.3. The third kappa shape index (κ3) is 6.67. The summed E-state index contributed by atoms with van der Waals surface area (Å²) in [5.41, 5.74) is 5.61. The highest BCUT2D eigenvalue weighted by Crippen LogP contribution is 2.23. The SMILES string of the molecule is CC(C)COc1nc(NCC(C)(O)CC(C)C)ccc1N. The minimum Gasteiger partial charge on any atom is -0.476 e. The van der Waals surface area contributed by atoms with Crippen LogP contribution >= 0.6 is 0 Å². The van der Waals surface area contributed by atoms with Gasteiger partial charge in [-0.15, -0.1) is 0 Å². The van der Waals surface area contributed by atoms with Gasteiger partial charge in [0.25, 0.3) is 0 Å². The first-order valence-electron chi connectivity index (χ1n) is 7.55. The molecule has 5 heteroatoms. The van der Waals surface area contributed by atoms with Crippen molar-refractivity contribution in [3.05, 3.63) is 12.1 Å². The molecule has 0 spiro atoms. The zero-order valence-electron chi connectivity index (χ0n) is 13.8. The van der Waals surface area contributed by atoms with Crippen LogP contribution in [0.25, 0.3) is 0 Å². The molecule has 1 rings (SSSR count). The van der Waals surface area contributed by atoms with Crippen LogP contribution in [0, 0.1) is 11.8 Å². The number of hydrogen-bond acceptors (Lipinski definition) is 5. The van der Waals surface area contributed by atoms with E-state index in [9.17, 15) is 5.11 Å². The van der Waals surface area contributed by atoms with Crippen LogP contribution in [-0.2, 0) is 0 Å². The van der Waals surface area contributed by atoms with E-state index < -0.39 is 5.60 Å². The summed E-state index contributed by atoms with van der Waals surface area (Å²) in [6, 6.07) is 3.56. The maximum Gasteiger partial charge on any atom is 0.239 e. The molecule has 1 aromatic heterocycles. The minimum atomic E-state index is -0.768. The summed E-state index contributed by atoms with van der Waals surface area (Å²) in [6.45, 7) is 11.2. The first-order valence-corrected chi connectivity index (χ1v) is 7.55. The number of nitrogen functional groups attached to an aromatic ring is 1. The van der Waals surface area contributed by atoms with Crippen molar-refractivity contribution in [3.8, 4) is 5.88 Å². The fraction of sp³-hybridized carbons (Fsp3) is 0.688. The third-order valence-corrected chi connectivity index (χ3v) is 2.94. The minimum absolute atomic E-state index is 0.412. The molecular formula is C16H29N3O2. The standard InChI is InChI=1S/C16H29N3O2/c1-11(2)8-16(5,20)10-18-14-7-6-13(17)15(19-14)21-9-12(3)4/h6-7,11-12,20H,8-10,17H2,1-5H3,(H,18,19). The number of rotatable bonds is 8. The third-order valence-electron chi connectivity index (χ3n) is 2.94. The molecule has 1 heterocycles. The van der Waals surface area contributed by atoms with Crippen LogP contribution < -0.4 is 15.8 Å². The van der Waals surface area contributed by atoms with Crippen molar-refractivity contribution in [1.29, 1.82) is 0 Å². The fourth-order valence-electron chi connectivity index (χ4n) is 2.14. The van der Waals surface area contributed by atoms with Gasteiger partial charge in [-0.2, -0.15) is 4.98 Å². The Morgan fingerprint density at radius 3 is 2.52 bits per heavy atom. The van der Waals surface area contributed by atoms with Crippen molar-refractivity contribution >= 4 is 11.5 Å². The average molecular weight is 295 g/mol. The molecule has 5 nitrogen and oxygen atoms in total. The lowest BCUT2D eigenvalue weighted by atomic mass is 9.94. The van der Waals surface area contributed by atoms with E-state index in [-0.39, 0.29) is 0 Å². The van der Waals surface area contributed by atoms with Gasteiger partial charge in [0.2, 0.25) is 5.88 Å². The Morgan fingerprint density at radius 1 is 1.29 bits per heavy atom. The number of hydrogen-bond donors (Lipinski definition) is 3. The van der Waals surface area contributed by atoms with Gasteiger partial charge >= 0.3 is 0 Å². The monoisotopic (exact) mass is 295 g/mol. The highest BCUT2D eigenvalue weighted by molar-refractivity contribution is 5.53. The molecule has 120 valence electrons. The highest BCUT2D eigenvalue weighted by atomic mass is 16.5. The molecule has 1 atom stereocenters. The zero-order chi connectivity index (χ0) is 16.0. The predicted octanol–water partition coefficient (Wildman–Crippen LogP) is 2.91. The topological polar surface area (TPSA) is 80.4 Å². The van der Waals surface area contributed by atoms with Crippen LogP contribution in [0.3, 0.4) is 0 Å². The van der Waals surface area contributed by atoms with Gasteiger partial charge in [-0.05, 0) is 37.3 Å². The number of nitrogens with two attached hydrogens (primary N) is 1. The van der Waals surface area contributed by atoms with E-state index in [1.165, 1.54) is 0 Å². The summed E-state index contributed by atoms with van der Waals surface area (Å²) < 4.78 is 5.60. The number of ether oxygens (including phenoxy) is 1. The largest absolute Gasteiger partial charge is 0.476 e. The Hall–Kier alpha value is -1.49. The Bertz CT molecular complexity index is 445. The Balaban J connectivity index is 2.65. The summed E-state index contributed by atoms with van der Waals surface area (Å²) >= 11 is 0. The summed E-state index contributed by atoms with van der Waals surface area (Å²) in [6.07, 6.45) is 0.728. The van der Waals surface area contributed by atoms with Crippen LogP contribution in [0.2, 0.25) is 0 Å². The maximum absolute atomic E-state index is 10.3. The molecule has 0 bridgehead atoms. The highest BCUT2D eigenvalue weighted by Gasteiger charge is 2.21. The molecule has 0 aromatic carbocycles. The van der Waals surface area contributed by atoms with Gasteiger partial charge in [-0.25, -0.2) is 0 Å². The van der Waals surface area contributed by atoms with E-state index in [2.05, 4.69) is 38.0 Å². The van der Waals surface area contributed by atoms with Crippen molar-refractivity contribution in [2.75, 3.05) is 24.2 Å². The number of aromatic nitrogens is 1. The molecule has 0 saturated heterocycles. The lowest BCUT2D eigenvalue weighted by Gasteiger charge is -2.26. The van der Waals surface area contributed by atoms with Gasteiger partial charge in [0.05, 0.1) is 17.9 Å². The molecule has 1 unspecified atom stereocenters. The van der Waals surface area contributed by atoms with Crippen LogP contribution in [0.5, 0.6) is 5.88 Å². The van der Waals surface area contributed by atoms with Crippen molar-refractivity contribution in [3.63, 3.8) is 0 Å². The number of pyridine rings is 1. The quantitative estimate of drug-likeness (QED) is 0.687. The van der Waals surface area contributed by atoms with Crippen molar-refractivity contribution in [2.45, 2.75) is 46.6 Å². The molecule has 0 fully saturated rings. The second-order valence-electron chi connectivity index (χ2n) is 6.74. The van der Waals surface area contributed by atoms with Crippen LogP contribution in [0.1, 0.15) is 41.0 Å². The smallest absolute Gasteiger partial charge is 0.239 e. The van der Waals surface area contributed by atoms with E-state index in [1.807, 2.05) is 6.92 Å².